The number of aromatic nitrogens is 2. The Labute approximate surface area is 109 Å². The number of rotatable bonds is 2. The molecule has 0 aliphatic carbocycles. The largest absolute Gasteiger partial charge is 0.399 e. The number of imide groups is 1. The fourth-order valence-electron chi connectivity index (χ4n) is 1.38. The van der Waals surface area contributed by atoms with Crippen LogP contribution in [0.2, 0.25) is 0 Å². The summed E-state index contributed by atoms with van der Waals surface area (Å²) in [5, 5.41) is 2.23. The topological polar surface area (TPSA) is 98.0 Å². The molecule has 1 heterocycles. The zero-order chi connectivity index (χ0) is 13.8. The van der Waals surface area contributed by atoms with Gasteiger partial charge in [-0.3, -0.25) is 19.9 Å². The van der Waals surface area contributed by atoms with Crippen molar-refractivity contribution in [3.05, 3.63) is 53.6 Å². The van der Waals surface area contributed by atoms with Crippen LogP contribution >= 0.6 is 0 Å². The molecule has 0 fully saturated rings. The molecule has 2 amide bonds. The molecule has 0 aliphatic heterocycles. The maximum Gasteiger partial charge on any atom is 0.278 e. The number of nitrogens with one attached hydrogen (secondary N) is 1. The third kappa shape index (κ3) is 3.12. The summed E-state index contributed by atoms with van der Waals surface area (Å²) in [7, 11) is 0. The molecule has 0 bridgehead atoms. The maximum atomic E-state index is 11.8. The number of aryl methyl sites for hydroxylation is 1. The van der Waals surface area contributed by atoms with E-state index in [-0.39, 0.29) is 5.69 Å². The Bertz CT molecular complexity index is 550. The minimum atomic E-state index is -0.589. The van der Waals surface area contributed by atoms with Gasteiger partial charge in [0.05, 0.1) is 11.9 Å². The van der Waals surface area contributed by atoms with E-state index in [4.69, 9.17) is 5.73 Å². The lowest BCUT2D eigenvalue weighted by atomic mass is 10.2. The Balaban J connectivity index is 2.08. The Hall–Kier alpha value is -2.76. The predicted octanol–water partition coefficient (Wildman–Crippen LogP) is 0.937. The Morgan fingerprint density at radius 3 is 2.32 bits per heavy atom. The van der Waals surface area contributed by atoms with E-state index in [2.05, 4.69) is 15.3 Å². The van der Waals surface area contributed by atoms with Crippen LogP contribution in [0.3, 0.4) is 0 Å². The van der Waals surface area contributed by atoms with Crippen LogP contribution < -0.4 is 11.1 Å². The quantitative estimate of drug-likeness (QED) is 0.615. The van der Waals surface area contributed by atoms with Crippen molar-refractivity contribution in [3.63, 3.8) is 0 Å². The summed E-state index contributed by atoms with van der Waals surface area (Å²) in [6.07, 6.45) is 2.78. The number of amides is 2. The summed E-state index contributed by atoms with van der Waals surface area (Å²) < 4.78 is 0. The Kier molecular flexibility index (Phi) is 3.51. The van der Waals surface area contributed by atoms with Gasteiger partial charge in [-0.25, -0.2) is 4.98 Å². The molecule has 2 rings (SSSR count). The highest BCUT2D eigenvalue weighted by atomic mass is 16.2. The molecule has 6 heteroatoms. The third-order valence-electron chi connectivity index (χ3n) is 2.41. The van der Waals surface area contributed by atoms with Gasteiger partial charge < -0.3 is 5.73 Å². The summed E-state index contributed by atoms with van der Waals surface area (Å²) >= 11 is 0. The fraction of sp³-hybridized carbons (Fsp3) is 0.0769. The van der Waals surface area contributed by atoms with E-state index in [0.717, 1.165) is 0 Å². The van der Waals surface area contributed by atoms with Crippen LogP contribution in [0, 0.1) is 6.92 Å². The van der Waals surface area contributed by atoms with Crippen LogP contribution in [0.25, 0.3) is 0 Å². The van der Waals surface area contributed by atoms with E-state index in [1.54, 1.807) is 31.2 Å². The van der Waals surface area contributed by atoms with Gasteiger partial charge in [0.25, 0.3) is 11.8 Å². The summed E-state index contributed by atoms with van der Waals surface area (Å²) in [4.78, 5) is 31.4. The van der Waals surface area contributed by atoms with Crippen LogP contribution in [0.1, 0.15) is 26.5 Å². The molecule has 0 unspecified atom stereocenters. The average molecular weight is 256 g/mol. The number of carbonyl (C=O) groups excluding carboxylic acids is 2. The van der Waals surface area contributed by atoms with Gasteiger partial charge in [0.2, 0.25) is 0 Å². The van der Waals surface area contributed by atoms with Crippen LogP contribution in [-0.2, 0) is 0 Å². The normalized spacial score (nSPS) is 9.95. The van der Waals surface area contributed by atoms with Gasteiger partial charge in [0, 0.05) is 17.4 Å². The standard InChI is InChI=1S/C13H12N4O2/c1-8-6-16-11(7-15-8)13(19)17-12(18)9-2-4-10(14)5-3-9/h2-7H,14H2,1H3,(H,17,18,19). The minimum Gasteiger partial charge on any atom is -0.399 e. The van der Waals surface area contributed by atoms with Crippen molar-refractivity contribution in [2.45, 2.75) is 6.92 Å². The average Bonchev–Trinajstić information content (AvgIpc) is 2.40. The molecule has 3 N–H and O–H groups in total. The molecule has 0 atom stereocenters. The first-order chi connectivity index (χ1) is 9.06. The number of benzene rings is 1. The van der Waals surface area contributed by atoms with Crippen molar-refractivity contribution < 1.29 is 9.59 Å². The Morgan fingerprint density at radius 2 is 1.74 bits per heavy atom. The number of nitrogen functional groups attached to an aromatic ring is 1. The van der Waals surface area contributed by atoms with Gasteiger partial charge in [-0.15, -0.1) is 0 Å². The predicted molar refractivity (Wildman–Crippen MR) is 69.4 cm³/mol. The SMILES string of the molecule is Cc1cnc(C(=O)NC(=O)c2ccc(N)cc2)cn1. The molecule has 2 aromatic rings. The first-order valence-electron chi connectivity index (χ1n) is 5.56. The third-order valence-corrected chi connectivity index (χ3v) is 2.41. The molecule has 0 saturated carbocycles. The summed E-state index contributed by atoms with van der Waals surface area (Å²) in [6, 6.07) is 6.26. The first-order valence-corrected chi connectivity index (χ1v) is 5.56. The van der Waals surface area contributed by atoms with Gasteiger partial charge in [-0.05, 0) is 31.2 Å². The molecule has 0 radical (unpaired) electrons. The fourth-order valence-corrected chi connectivity index (χ4v) is 1.38. The van der Waals surface area contributed by atoms with Crippen molar-refractivity contribution in [2.75, 3.05) is 5.73 Å². The Morgan fingerprint density at radius 1 is 1.05 bits per heavy atom. The number of nitrogens with two attached hydrogens (primary N) is 1. The van der Waals surface area contributed by atoms with Crippen LogP contribution in [0.4, 0.5) is 5.69 Å². The summed E-state index contributed by atoms with van der Waals surface area (Å²) in [5.74, 6) is -1.10. The number of hydrogen-bond acceptors (Lipinski definition) is 5. The number of carbonyl (C=O) groups is 2. The molecule has 6 nitrogen and oxygen atoms in total. The van der Waals surface area contributed by atoms with Crippen LogP contribution in [0.15, 0.2) is 36.7 Å². The molecule has 0 spiro atoms. The van der Waals surface area contributed by atoms with Gasteiger partial charge in [-0.1, -0.05) is 0 Å². The second kappa shape index (κ2) is 5.26. The number of hydrogen-bond donors (Lipinski definition) is 2. The molecular weight excluding hydrogens is 244 g/mol. The van der Waals surface area contributed by atoms with Gasteiger partial charge >= 0.3 is 0 Å². The van der Waals surface area contributed by atoms with Crippen LogP contribution in [-0.4, -0.2) is 21.8 Å². The van der Waals surface area contributed by atoms with Crippen molar-refractivity contribution in [1.29, 1.82) is 0 Å². The highest BCUT2D eigenvalue weighted by Crippen LogP contribution is 2.05. The van der Waals surface area contributed by atoms with Gasteiger partial charge in [0.1, 0.15) is 5.69 Å². The van der Waals surface area contributed by atoms with Crippen molar-refractivity contribution in [2.24, 2.45) is 0 Å². The van der Waals surface area contributed by atoms with E-state index < -0.39 is 11.8 Å². The maximum absolute atomic E-state index is 11.8. The molecule has 1 aromatic heterocycles. The van der Waals surface area contributed by atoms with Crippen molar-refractivity contribution >= 4 is 17.5 Å². The van der Waals surface area contributed by atoms with Crippen LogP contribution in [0.5, 0.6) is 0 Å². The van der Waals surface area contributed by atoms with Gasteiger partial charge in [-0.2, -0.15) is 0 Å². The molecule has 1 aromatic carbocycles. The zero-order valence-corrected chi connectivity index (χ0v) is 10.3. The minimum absolute atomic E-state index is 0.0920. The smallest absolute Gasteiger partial charge is 0.278 e. The molecule has 0 saturated heterocycles. The molecular formula is C13H12N4O2. The summed E-state index contributed by atoms with van der Waals surface area (Å²) in [5.41, 5.74) is 7.20. The molecule has 96 valence electrons. The number of anilines is 1. The monoisotopic (exact) mass is 256 g/mol. The van der Waals surface area contributed by atoms with E-state index in [1.807, 2.05) is 0 Å². The second-order valence-electron chi connectivity index (χ2n) is 3.95. The lowest BCUT2D eigenvalue weighted by Crippen LogP contribution is -2.31. The van der Waals surface area contributed by atoms with E-state index in [9.17, 15) is 9.59 Å². The van der Waals surface area contributed by atoms with Crippen molar-refractivity contribution in [1.82, 2.24) is 15.3 Å². The van der Waals surface area contributed by atoms with E-state index in [0.29, 0.717) is 16.9 Å². The van der Waals surface area contributed by atoms with Gasteiger partial charge in [0.15, 0.2) is 0 Å². The van der Waals surface area contributed by atoms with E-state index >= 15 is 0 Å². The van der Waals surface area contributed by atoms with E-state index in [1.165, 1.54) is 12.4 Å². The highest BCUT2D eigenvalue weighted by molar-refractivity contribution is 6.09. The summed E-state index contributed by atoms with van der Waals surface area (Å²) in [6.45, 7) is 1.76. The molecule has 19 heavy (non-hydrogen) atoms. The number of nitrogens with zero attached hydrogens (tertiary/aromatic N) is 2. The second-order valence-corrected chi connectivity index (χ2v) is 3.95. The molecule has 0 aliphatic rings. The lowest BCUT2D eigenvalue weighted by Gasteiger charge is -2.04. The highest BCUT2D eigenvalue weighted by Gasteiger charge is 2.13. The van der Waals surface area contributed by atoms with Crippen molar-refractivity contribution in [3.8, 4) is 0 Å². The lowest BCUT2D eigenvalue weighted by molar-refractivity contribution is 0.0846. The zero-order valence-electron chi connectivity index (χ0n) is 10.3. The first kappa shape index (κ1) is 12.7.